The summed E-state index contributed by atoms with van der Waals surface area (Å²) in [6.07, 6.45) is 1.90. The smallest absolute Gasteiger partial charge is 0.310 e. The van der Waals surface area contributed by atoms with E-state index in [0.29, 0.717) is 25.2 Å². The van der Waals surface area contributed by atoms with Gasteiger partial charge in [-0.15, -0.1) is 0 Å². The molecule has 0 radical (unpaired) electrons. The highest BCUT2D eigenvalue weighted by Gasteiger charge is 2.38. The van der Waals surface area contributed by atoms with E-state index < -0.39 is 0 Å². The van der Waals surface area contributed by atoms with Crippen LogP contribution in [-0.2, 0) is 20.7 Å². The molecule has 2 aliphatic rings. The number of hydrogen-bond acceptors (Lipinski definition) is 4. The minimum atomic E-state index is -0.163. The van der Waals surface area contributed by atoms with Gasteiger partial charge in [-0.1, -0.05) is 12.1 Å². The average Bonchev–Trinajstić information content (AvgIpc) is 3.02. The molecular weight excluding hydrogens is 242 g/mol. The lowest BCUT2D eigenvalue weighted by molar-refractivity contribution is -0.142. The number of anilines is 1. The fourth-order valence-electron chi connectivity index (χ4n) is 2.90. The molecule has 102 valence electrons. The predicted molar refractivity (Wildman–Crippen MR) is 72.3 cm³/mol. The van der Waals surface area contributed by atoms with Gasteiger partial charge >= 0.3 is 5.97 Å². The molecule has 1 aromatic rings. The van der Waals surface area contributed by atoms with E-state index in [4.69, 9.17) is 9.47 Å². The Morgan fingerprint density at radius 2 is 2.21 bits per heavy atom. The summed E-state index contributed by atoms with van der Waals surface area (Å²) in [4.78, 5) is 13.8. The summed E-state index contributed by atoms with van der Waals surface area (Å²) in [7, 11) is 0. The molecule has 2 atom stereocenters. The minimum absolute atomic E-state index is 0.163. The van der Waals surface area contributed by atoms with E-state index in [9.17, 15) is 4.79 Å². The Labute approximate surface area is 113 Å². The van der Waals surface area contributed by atoms with Crippen molar-refractivity contribution in [3.8, 4) is 0 Å². The van der Waals surface area contributed by atoms with Gasteiger partial charge in [0.05, 0.1) is 31.8 Å². The van der Waals surface area contributed by atoms with Crippen LogP contribution in [0.4, 0.5) is 5.69 Å². The Morgan fingerprint density at radius 1 is 1.42 bits per heavy atom. The number of carbonyl (C=O) groups is 1. The molecule has 2 saturated heterocycles. The van der Waals surface area contributed by atoms with Crippen molar-refractivity contribution >= 4 is 11.7 Å². The van der Waals surface area contributed by atoms with Gasteiger partial charge in [-0.05, 0) is 31.0 Å². The monoisotopic (exact) mass is 261 g/mol. The van der Waals surface area contributed by atoms with Crippen LogP contribution >= 0.6 is 0 Å². The molecule has 4 heteroatoms. The molecule has 0 saturated carbocycles. The highest BCUT2D eigenvalue weighted by atomic mass is 16.5. The molecule has 2 heterocycles. The number of rotatable bonds is 4. The molecule has 2 unspecified atom stereocenters. The molecule has 0 spiro atoms. The van der Waals surface area contributed by atoms with Gasteiger partial charge in [-0.3, -0.25) is 4.79 Å². The summed E-state index contributed by atoms with van der Waals surface area (Å²) in [6.45, 7) is 4.09. The van der Waals surface area contributed by atoms with E-state index in [1.165, 1.54) is 5.69 Å². The van der Waals surface area contributed by atoms with Crippen LogP contribution in [0.15, 0.2) is 24.3 Å². The highest BCUT2D eigenvalue weighted by molar-refractivity contribution is 5.72. The second kappa shape index (κ2) is 5.21. The van der Waals surface area contributed by atoms with Crippen LogP contribution in [0.2, 0.25) is 0 Å². The molecule has 0 aliphatic carbocycles. The summed E-state index contributed by atoms with van der Waals surface area (Å²) in [5.41, 5.74) is 2.23. The van der Waals surface area contributed by atoms with Crippen molar-refractivity contribution in [3.63, 3.8) is 0 Å². The second-order valence-electron chi connectivity index (χ2n) is 5.15. The number of nitrogens with zero attached hydrogens (tertiary/aromatic N) is 1. The number of esters is 1. The van der Waals surface area contributed by atoms with Crippen LogP contribution in [0.5, 0.6) is 0 Å². The first-order valence-electron chi connectivity index (χ1n) is 6.89. The van der Waals surface area contributed by atoms with E-state index >= 15 is 0 Å². The van der Waals surface area contributed by atoms with E-state index in [1.54, 1.807) is 0 Å². The summed E-state index contributed by atoms with van der Waals surface area (Å²) in [5, 5.41) is 0. The first-order valence-corrected chi connectivity index (χ1v) is 6.89. The number of ether oxygens (including phenoxy) is 2. The van der Waals surface area contributed by atoms with Crippen molar-refractivity contribution in [1.82, 2.24) is 0 Å². The van der Waals surface area contributed by atoms with Crippen molar-refractivity contribution in [3.05, 3.63) is 29.8 Å². The highest BCUT2D eigenvalue weighted by Crippen LogP contribution is 2.32. The maximum atomic E-state index is 11.4. The molecular formula is C15H19NO3. The predicted octanol–water partition coefficient (Wildman–Crippen LogP) is 1.77. The molecule has 3 rings (SSSR count). The third kappa shape index (κ3) is 2.59. The van der Waals surface area contributed by atoms with Crippen LogP contribution in [-0.4, -0.2) is 37.9 Å². The fraction of sp³-hybridized carbons (Fsp3) is 0.533. The molecule has 0 N–H and O–H groups in total. The Balaban J connectivity index is 1.64. The van der Waals surface area contributed by atoms with Crippen molar-refractivity contribution in [2.24, 2.45) is 0 Å². The number of benzene rings is 1. The lowest BCUT2D eigenvalue weighted by atomic mass is 10.1. The fourth-order valence-corrected chi connectivity index (χ4v) is 2.90. The van der Waals surface area contributed by atoms with Gasteiger partial charge in [-0.2, -0.15) is 0 Å². The largest absolute Gasteiger partial charge is 0.466 e. The van der Waals surface area contributed by atoms with Crippen molar-refractivity contribution in [2.45, 2.75) is 31.9 Å². The molecule has 1 aromatic carbocycles. The van der Waals surface area contributed by atoms with Crippen LogP contribution < -0.4 is 4.90 Å². The van der Waals surface area contributed by atoms with Gasteiger partial charge in [0.2, 0.25) is 0 Å². The minimum Gasteiger partial charge on any atom is -0.466 e. The first kappa shape index (κ1) is 12.5. The number of morpholine rings is 1. The zero-order chi connectivity index (χ0) is 13.2. The maximum Gasteiger partial charge on any atom is 0.310 e. The van der Waals surface area contributed by atoms with Gasteiger partial charge in [0.25, 0.3) is 0 Å². The van der Waals surface area contributed by atoms with Crippen molar-refractivity contribution in [2.75, 3.05) is 24.7 Å². The molecule has 2 fully saturated rings. The summed E-state index contributed by atoms with van der Waals surface area (Å²) in [5.74, 6) is -0.163. The van der Waals surface area contributed by atoms with Crippen LogP contribution in [0.25, 0.3) is 0 Å². The average molecular weight is 261 g/mol. The molecule has 2 aliphatic heterocycles. The first-order chi connectivity index (χ1) is 9.26. The van der Waals surface area contributed by atoms with E-state index in [1.807, 2.05) is 19.1 Å². The lowest BCUT2D eigenvalue weighted by Crippen LogP contribution is -2.36. The third-order valence-electron chi connectivity index (χ3n) is 3.82. The Morgan fingerprint density at radius 3 is 2.79 bits per heavy atom. The Bertz CT molecular complexity index is 457. The summed E-state index contributed by atoms with van der Waals surface area (Å²) in [6, 6.07) is 8.74. The van der Waals surface area contributed by atoms with Gasteiger partial charge in [0, 0.05) is 12.2 Å². The van der Waals surface area contributed by atoms with Crippen molar-refractivity contribution < 1.29 is 14.3 Å². The molecule has 0 aromatic heterocycles. The molecule has 19 heavy (non-hydrogen) atoms. The topological polar surface area (TPSA) is 38.8 Å². The van der Waals surface area contributed by atoms with Crippen LogP contribution in [0, 0.1) is 0 Å². The quantitative estimate of drug-likeness (QED) is 0.774. The van der Waals surface area contributed by atoms with E-state index in [0.717, 1.165) is 25.1 Å². The van der Waals surface area contributed by atoms with E-state index in [2.05, 4.69) is 17.0 Å². The summed E-state index contributed by atoms with van der Waals surface area (Å²) >= 11 is 0. The zero-order valence-corrected chi connectivity index (χ0v) is 11.2. The normalized spacial score (nSPS) is 24.8. The van der Waals surface area contributed by atoms with Gasteiger partial charge < -0.3 is 14.4 Å². The summed E-state index contributed by atoms with van der Waals surface area (Å²) < 4.78 is 10.6. The third-order valence-corrected chi connectivity index (χ3v) is 3.82. The number of carbonyl (C=O) groups excluding carboxylic acids is 1. The number of hydrogen-bond donors (Lipinski definition) is 0. The van der Waals surface area contributed by atoms with Crippen LogP contribution in [0.3, 0.4) is 0 Å². The second-order valence-corrected chi connectivity index (χ2v) is 5.15. The maximum absolute atomic E-state index is 11.4. The molecule has 0 amide bonds. The SMILES string of the molecule is CCOC(=O)Cc1ccc(N2CC3CC2CO3)cc1. The number of fused-ring (bicyclic) bond motifs is 2. The Hall–Kier alpha value is -1.55. The standard InChI is InChI=1S/C15H19NO3/c1-2-18-15(17)7-11-3-5-12(6-4-11)16-9-14-8-13(16)10-19-14/h3-6,13-14H,2,7-10H2,1H3. The lowest BCUT2D eigenvalue weighted by Gasteiger charge is -2.29. The van der Waals surface area contributed by atoms with Gasteiger partial charge in [0.1, 0.15) is 0 Å². The van der Waals surface area contributed by atoms with Gasteiger partial charge in [0.15, 0.2) is 0 Å². The van der Waals surface area contributed by atoms with Gasteiger partial charge in [-0.25, -0.2) is 0 Å². The molecule has 4 nitrogen and oxygen atoms in total. The Kier molecular flexibility index (Phi) is 3.42. The van der Waals surface area contributed by atoms with Crippen molar-refractivity contribution in [1.29, 1.82) is 0 Å². The van der Waals surface area contributed by atoms with E-state index in [-0.39, 0.29) is 5.97 Å². The molecule has 2 bridgehead atoms. The van der Waals surface area contributed by atoms with Crippen LogP contribution in [0.1, 0.15) is 18.9 Å². The zero-order valence-electron chi connectivity index (χ0n) is 11.2.